The summed E-state index contributed by atoms with van der Waals surface area (Å²) in [4.78, 5) is 14.1. The summed E-state index contributed by atoms with van der Waals surface area (Å²) >= 11 is 0. The first kappa shape index (κ1) is 23.1. The van der Waals surface area contributed by atoms with Gasteiger partial charge in [-0.25, -0.2) is 0 Å². The number of nitrogens with two attached hydrogens (primary N) is 2. The lowest BCUT2D eigenvalue weighted by molar-refractivity contribution is -0.136. The molecule has 1 fully saturated rings. The van der Waals surface area contributed by atoms with Crippen LogP contribution in [0, 0.1) is 5.92 Å². The average molecular weight is 441 g/mol. The summed E-state index contributed by atoms with van der Waals surface area (Å²) in [5.74, 6) is 7.17. The Kier molecular flexibility index (Phi) is 6.99. The highest BCUT2D eigenvalue weighted by atomic mass is 16.5. The Morgan fingerprint density at radius 2 is 2.00 bits per heavy atom. The van der Waals surface area contributed by atoms with Crippen molar-refractivity contribution in [2.24, 2.45) is 22.6 Å². The largest absolute Gasteiger partial charge is 0.490 e. The standard InChI is InChI=1S/C23H27N5O3.H3N.H2/c1-14(2)23(29)28-10-8-17(9-11-28)30-18-5-3-4-15(12-18)21-19-13-16(22(24)26-25)6-7-20(19)27-31-21;;/h3-7,12-14,17H,8-11,25H2,1-2H3,(H2,24,26);1H3;1H. The first-order chi connectivity index (χ1) is 15.0. The zero-order valence-electron chi connectivity index (χ0n) is 18.5. The number of hydrogen-bond acceptors (Lipinski definition) is 7. The Labute approximate surface area is 188 Å². The Morgan fingerprint density at radius 1 is 1.25 bits per heavy atom. The number of rotatable bonds is 5. The van der Waals surface area contributed by atoms with E-state index in [0.717, 1.165) is 48.1 Å². The van der Waals surface area contributed by atoms with Gasteiger partial charge in [-0.3, -0.25) is 4.79 Å². The number of nitrogens with zero attached hydrogens (tertiary/aromatic N) is 3. The molecule has 2 heterocycles. The number of carbonyl (C=O) groups is 1. The SMILES string of the molecule is CC(C)C(=O)N1CCC(Oc2cccc(-c3onc4ccc(/C(N)=N/N)cc34)c2)CC1.N.[HH]. The minimum atomic E-state index is 0. The number of piperidine rings is 1. The molecule has 2 aromatic carbocycles. The molecule has 9 nitrogen and oxygen atoms in total. The summed E-state index contributed by atoms with van der Waals surface area (Å²) in [5.41, 5.74) is 8.12. The number of amides is 1. The molecule has 0 radical (unpaired) electrons. The van der Waals surface area contributed by atoms with Crippen LogP contribution in [0.1, 0.15) is 33.7 Å². The van der Waals surface area contributed by atoms with Gasteiger partial charge in [-0.05, 0) is 30.3 Å². The van der Waals surface area contributed by atoms with E-state index in [0.29, 0.717) is 11.3 Å². The van der Waals surface area contributed by atoms with E-state index in [9.17, 15) is 4.79 Å². The number of benzene rings is 2. The number of amidine groups is 1. The second kappa shape index (κ2) is 9.69. The van der Waals surface area contributed by atoms with Crippen LogP contribution < -0.4 is 22.5 Å². The van der Waals surface area contributed by atoms with Crippen molar-refractivity contribution in [3.63, 3.8) is 0 Å². The summed E-state index contributed by atoms with van der Waals surface area (Å²) in [6.07, 6.45) is 1.70. The lowest BCUT2D eigenvalue weighted by Gasteiger charge is -2.33. The van der Waals surface area contributed by atoms with Crippen molar-refractivity contribution in [3.05, 3.63) is 48.0 Å². The first-order valence-electron chi connectivity index (χ1n) is 10.5. The third kappa shape index (κ3) is 4.67. The smallest absolute Gasteiger partial charge is 0.225 e. The van der Waals surface area contributed by atoms with Gasteiger partial charge in [0.15, 0.2) is 5.76 Å². The van der Waals surface area contributed by atoms with Gasteiger partial charge in [0, 0.05) is 44.4 Å². The molecular weight excluding hydrogens is 408 g/mol. The van der Waals surface area contributed by atoms with E-state index in [1.54, 1.807) is 6.07 Å². The fraction of sp³-hybridized carbons (Fsp3) is 0.348. The number of likely N-dealkylation sites (tertiary alicyclic amines) is 1. The summed E-state index contributed by atoms with van der Waals surface area (Å²) < 4.78 is 11.8. The van der Waals surface area contributed by atoms with Gasteiger partial charge in [0.1, 0.15) is 23.2 Å². The molecule has 1 aromatic heterocycles. The van der Waals surface area contributed by atoms with E-state index >= 15 is 0 Å². The van der Waals surface area contributed by atoms with Crippen LogP contribution >= 0.6 is 0 Å². The Balaban J connectivity index is 0.00000193. The van der Waals surface area contributed by atoms with Crippen molar-refractivity contribution in [2.75, 3.05) is 13.1 Å². The molecule has 0 saturated carbocycles. The number of aromatic nitrogens is 1. The second-order valence-electron chi connectivity index (χ2n) is 8.08. The van der Waals surface area contributed by atoms with Crippen LogP contribution in [-0.2, 0) is 4.79 Å². The van der Waals surface area contributed by atoms with Gasteiger partial charge < -0.3 is 31.9 Å². The van der Waals surface area contributed by atoms with E-state index in [1.807, 2.05) is 55.1 Å². The van der Waals surface area contributed by atoms with Gasteiger partial charge in [0.05, 0.1) is 5.39 Å². The van der Waals surface area contributed by atoms with Gasteiger partial charge in [-0.15, -0.1) is 0 Å². The lowest BCUT2D eigenvalue weighted by Crippen LogP contribution is -2.43. The molecule has 0 aliphatic carbocycles. The van der Waals surface area contributed by atoms with Crippen molar-refractivity contribution in [1.29, 1.82) is 0 Å². The minimum absolute atomic E-state index is 0. The highest BCUT2D eigenvalue weighted by Gasteiger charge is 2.25. The lowest BCUT2D eigenvalue weighted by atomic mass is 10.0. The molecule has 7 N–H and O–H groups in total. The van der Waals surface area contributed by atoms with Crippen molar-refractivity contribution in [1.82, 2.24) is 16.2 Å². The van der Waals surface area contributed by atoms with Gasteiger partial charge in [0.2, 0.25) is 5.91 Å². The molecule has 32 heavy (non-hydrogen) atoms. The maximum absolute atomic E-state index is 12.2. The van der Waals surface area contributed by atoms with E-state index in [-0.39, 0.29) is 31.3 Å². The Hall–Kier alpha value is -3.59. The van der Waals surface area contributed by atoms with Crippen molar-refractivity contribution in [2.45, 2.75) is 32.8 Å². The number of carbonyl (C=O) groups excluding carboxylic acids is 1. The fourth-order valence-corrected chi connectivity index (χ4v) is 3.85. The van der Waals surface area contributed by atoms with Crippen LogP contribution in [-0.4, -0.2) is 41.0 Å². The molecule has 4 rings (SSSR count). The number of hydrogen-bond donors (Lipinski definition) is 3. The Bertz CT molecular complexity index is 1120. The zero-order chi connectivity index (χ0) is 22.0. The number of ether oxygens (including phenoxy) is 1. The van der Waals surface area contributed by atoms with Crippen LogP contribution in [0.15, 0.2) is 52.1 Å². The average Bonchev–Trinajstić information content (AvgIpc) is 3.22. The molecule has 9 heteroatoms. The molecular formula is C23H32N6O3. The first-order valence-corrected chi connectivity index (χ1v) is 10.5. The van der Waals surface area contributed by atoms with Gasteiger partial charge in [0.25, 0.3) is 0 Å². The summed E-state index contributed by atoms with van der Waals surface area (Å²) in [5, 5.41) is 8.52. The van der Waals surface area contributed by atoms with Crippen molar-refractivity contribution >= 4 is 22.6 Å². The molecule has 1 amide bonds. The van der Waals surface area contributed by atoms with Gasteiger partial charge in [-0.1, -0.05) is 31.1 Å². The molecule has 0 bridgehead atoms. The van der Waals surface area contributed by atoms with E-state index in [4.69, 9.17) is 20.8 Å². The maximum atomic E-state index is 12.2. The third-order valence-electron chi connectivity index (χ3n) is 5.56. The fourth-order valence-electron chi connectivity index (χ4n) is 3.85. The number of hydrazone groups is 1. The summed E-state index contributed by atoms with van der Waals surface area (Å²) in [6.45, 7) is 5.31. The quantitative estimate of drug-likeness (QED) is 0.237. The topological polar surface area (TPSA) is 155 Å². The molecule has 1 aliphatic rings. The normalized spacial score (nSPS) is 15.1. The Morgan fingerprint density at radius 3 is 2.69 bits per heavy atom. The summed E-state index contributed by atoms with van der Waals surface area (Å²) in [7, 11) is 0. The highest BCUT2D eigenvalue weighted by Crippen LogP contribution is 2.32. The van der Waals surface area contributed by atoms with E-state index < -0.39 is 0 Å². The van der Waals surface area contributed by atoms with Crippen LogP contribution in [0.25, 0.3) is 22.2 Å². The van der Waals surface area contributed by atoms with Crippen LogP contribution in [0.5, 0.6) is 5.75 Å². The number of fused-ring (bicyclic) bond motifs is 1. The molecule has 1 saturated heterocycles. The predicted molar refractivity (Wildman–Crippen MR) is 127 cm³/mol. The third-order valence-corrected chi connectivity index (χ3v) is 5.56. The molecule has 172 valence electrons. The zero-order valence-corrected chi connectivity index (χ0v) is 18.5. The molecule has 0 unspecified atom stereocenters. The van der Waals surface area contributed by atoms with Crippen LogP contribution in [0.4, 0.5) is 0 Å². The molecule has 3 aromatic rings. The van der Waals surface area contributed by atoms with E-state index in [2.05, 4.69) is 10.3 Å². The minimum Gasteiger partial charge on any atom is -0.490 e. The highest BCUT2D eigenvalue weighted by molar-refractivity contribution is 6.02. The molecule has 0 spiro atoms. The molecule has 0 atom stereocenters. The summed E-state index contributed by atoms with van der Waals surface area (Å²) in [6, 6.07) is 13.2. The van der Waals surface area contributed by atoms with Crippen LogP contribution in [0.3, 0.4) is 0 Å². The maximum Gasteiger partial charge on any atom is 0.225 e. The predicted octanol–water partition coefficient (Wildman–Crippen LogP) is 3.51. The second-order valence-corrected chi connectivity index (χ2v) is 8.08. The van der Waals surface area contributed by atoms with Crippen LogP contribution in [0.2, 0.25) is 0 Å². The van der Waals surface area contributed by atoms with Gasteiger partial charge in [-0.2, -0.15) is 5.10 Å². The van der Waals surface area contributed by atoms with Crippen molar-refractivity contribution in [3.8, 4) is 17.1 Å². The van der Waals surface area contributed by atoms with Crippen molar-refractivity contribution < 1.29 is 15.5 Å². The van der Waals surface area contributed by atoms with E-state index in [1.165, 1.54) is 0 Å². The molecule has 1 aliphatic heterocycles. The monoisotopic (exact) mass is 440 g/mol. The van der Waals surface area contributed by atoms with Gasteiger partial charge >= 0.3 is 0 Å².